The quantitative estimate of drug-likeness (QED) is 0.828. The highest BCUT2D eigenvalue weighted by molar-refractivity contribution is 7.15. The van der Waals surface area contributed by atoms with E-state index in [0.29, 0.717) is 18.0 Å². The fraction of sp³-hybridized carbons (Fsp3) is 0.467. The van der Waals surface area contributed by atoms with E-state index in [9.17, 15) is 14.0 Å². The summed E-state index contributed by atoms with van der Waals surface area (Å²) < 4.78 is 19.7. The van der Waals surface area contributed by atoms with E-state index in [1.807, 2.05) is 6.92 Å². The molecule has 3 heterocycles. The third kappa shape index (κ3) is 4.40. The van der Waals surface area contributed by atoms with E-state index in [1.165, 1.54) is 19.3 Å². The molecule has 1 aliphatic heterocycles. The van der Waals surface area contributed by atoms with Gasteiger partial charge in [0.1, 0.15) is 6.10 Å². The molecule has 134 valence electrons. The maximum absolute atomic E-state index is 14.0. The molecule has 0 unspecified atom stereocenters. The molecule has 0 aliphatic carbocycles. The summed E-state index contributed by atoms with van der Waals surface area (Å²) in [5.41, 5.74) is -0.273. The van der Waals surface area contributed by atoms with Crippen LogP contribution in [0.25, 0.3) is 0 Å². The van der Waals surface area contributed by atoms with Gasteiger partial charge in [0, 0.05) is 32.5 Å². The smallest absolute Gasteiger partial charge is 0.254 e. The van der Waals surface area contributed by atoms with Gasteiger partial charge in [0.15, 0.2) is 5.13 Å². The zero-order chi connectivity index (χ0) is 18.0. The number of aromatic amines is 1. The summed E-state index contributed by atoms with van der Waals surface area (Å²) in [4.78, 5) is 35.0. The molecule has 0 bridgehead atoms. The Morgan fingerprint density at radius 3 is 3.12 bits per heavy atom. The van der Waals surface area contributed by atoms with Crippen LogP contribution in [0.2, 0.25) is 0 Å². The van der Waals surface area contributed by atoms with Gasteiger partial charge in [-0.2, -0.15) is 9.37 Å². The Morgan fingerprint density at radius 2 is 2.40 bits per heavy atom. The highest BCUT2D eigenvalue weighted by atomic mass is 32.1. The number of rotatable bonds is 5. The lowest BCUT2D eigenvalue weighted by molar-refractivity contribution is -0.114. The van der Waals surface area contributed by atoms with Gasteiger partial charge in [0.05, 0.1) is 17.3 Å². The molecule has 1 fully saturated rings. The van der Waals surface area contributed by atoms with Crippen LogP contribution in [0.1, 0.15) is 25.1 Å². The van der Waals surface area contributed by atoms with Gasteiger partial charge in [-0.3, -0.25) is 14.5 Å². The van der Waals surface area contributed by atoms with Crippen LogP contribution in [0.15, 0.2) is 17.2 Å². The average molecular weight is 367 g/mol. The molecule has 0 spiro atoms. The molecule has 8 nitrogen and oxygen atoms in total. The standard InChI is InChI=1S/C15H18FN5O3S/c1-8-3-10(24-13-4-12(23)17-7-18-13)5-21(8)6-11-14(16)20-15(25-11)19-9(2)22/h4,7-8,10H,3,5-6H2,1-2H3,(H,17,18,23)(H,19,20,22)/t8-,10+/m0/s1. The third-order valence-electron chi connectivity index (χ3n) is 3.89. The van der Waals surface area contributed by atoms with E-state index in [-0.39, 0.29) is 34.6 Å². The number of halogens is 1. The zero-order valence-corrected chi connectivity index (χ0v) is 14.6. The van der Waals surface area contributed by atoms with Crippen LogP contribution in [0, 0.1) is 5.95 Å². The van der Waals surface area contributed by atoms with Gasteiger partial charge in [-0.05, 0) is 6.92 Å². The molecule has 0 saturated carbocycles. The molecule has 1 aliphatic rings. The monoisotopic (exact) mass is 367 g/mol. The number of anilines is 1. The SMILES string of the molecule is CC(=O)Nc1nc(F)c(CN2C[C@H](Oc3cc(=O)[nH]cn3)C[C@@H]2C)s1. The normalized spacial score (nSPS) is 20.6. The molecule has 10 heteroatoms. The summed E-state index contributed by atoms with van der Waals surface area (Å²) in [6, 6.07) is 1.48. The van der Waals surface area contributed by atoms with Crippen LogP contribution in [-0.2, 0) is 11.3 Å². The zero-order valence-electron chi connectivity index (χ0n) is 13.8. The Kier molecular flexibility index (Phi) is 5.09. The van der Waals surface area contributed by atoms with Crippen molar-refractivity contribution in [3.8, 4) is 5.88 Å². The summed E-state index contributed by atoms with van der Waals surface area (Å²) in [7, 11) is 0. The Morgan fingerprint density at radius 1 is 1.60 bits per heavy atom. The van der Waals surface area contributed by atoms with Gasteiger partial charge in [0.2, 0.25) is 17.7 Å². The number of ether oxygens (including phenoxy) is 1. The Hall–Kier alpha value is -2.33. The average Bonchev–Trinajstić information content (AvgIpc) is 3.02. The molecule has 2 aromatic rings. The molecule has 1 saturated heterocycles. The second-order valence-electron chi connectivity index (χ2n) is 5.92. The fourth-order valence-corrected chi connectivity index (χ4v) is 3.67. The van der Waals surface area contributed by atoms with E-state index < -0.39 is 5.95 Å². The number of likely N-dealkylation sites (tertiary alicyclic amines) is 1. The molecule has 2 aromatic heterocycles. The van der Waals surface area contributed by atoms with Gasteiger partial charge in [-0.15, -0.1) is 0 Å². The van der Waals surface area contributed by atoms with Gasteiger partial charge in [-0.1, -0.05) is 11.3 Å². The van der Waals surface area contributed by atoms with Crippen molar-refractivity contribution >= 4 is 22.4 Å². The van der Waals surface area contributed by atoms with E-state index in [4.69, 9.17) is 4.74 Å². The summed E-state index contributed by atoms with van der Waals surface area (Å²) >= 11 is 1.13. The molecule has 0 radical (unpaired) electrons. The van der Waals surface area contributed by atoms with Crippen LogP contribution in [0.4, 0.5) is 9.52 Å². The second kappa shape index (κ2) is 7.28. The minimum absolute atomic E-state index is 0.130. The maximum Gasteiger partial charge on any atom is 0.254 e. The highest BCUT2D eigenvalue weighted by Crippen LogP contribution is 2.28. The molecule has 2 N–H and O–H groups in total. The molecule has 0 aromatic carbocycles. The summed E-state index contributed by atoms with van der Waals surface area (Å²) in [6.07, 6.45) is 1.91. The molecule has 25 heavy (non-hydrogen) atoms. The third-order valence-corrected chi connectivity index (χ3v) is 4.82. The number of aromatic nitrogens is 3. The molecule has 2 atom stereocenters. The van der Waals surface area contributed by atoms with Crippen molar-refractivity contribution in [3.05, 3.63) is 33.6 Å². The first-order valence-corrected chi connectivity index (χ1v) is 8.60. The van der Waals surface area contributed by atoms with Crippen LogP contribution in [0.3, 0.4) is 0 Å². The second-order valence-corrected chi connectivity index (χ2v) is 7.00. The largest absolute Gasteiger partial charge is 0.473 e. The number of H-pyrrole nitrogens is 1. The Balaban J connectivity index is 1.63. The number of nitrogens with one attached hydrogen (secondary N) is 2. The van der Waals surface area contributed by atoms with Crippen molar-refractivity contribution in [3.63, 3.8) is 0 Å². The fourth-order valence-electron chi connectivity index (χ4n) is 2.76. The lowest BCUT2D eigenvalue weighted by Crippen LogP contribution is -2.28. The van der Waals surface area contributed by atoms with Crippen LogP contribution in [-0.4, -0.2) is 44.4 Å². The van der Waals surface area contributed by atoms with Gasteiger partial charge in [-0.25, -0.2) is 4.98 Å². The van der Waals surface area contributed by atoms with E-state index in [0.717, 1.165) is 17.8 Å². The number of carbonyl (C=O) groups excluding carboxylic acids is 1. The van der Waals surface area contributed by atoms with Crippen LogP contribution < -0.4 is 15.6 Å². The summed E-state index contributed by atoms with van der Waals surface area (Å²) in [5, 5.41) is 2.75. The number of hydrogen-bond donors (Lipinski definition) is 2. The summed E-state index contributed by atoms with van der Waals surface area (Å²) in [5.74, 6) is -0.574. The van der Waals surface area contributed by atoms with Crippen molar-refractivity contribution in [1.29, 1.82) is 0 Å². The molecule has 3 rings (SSSR count). The Bertz CT molecular complexity index is 823. The maximum atomic E-state index is 14.0. The highest BCUT2D eigenvalue weighted by Gasteiger charge is 2.32. The number of nitrogens with zero attached hydrogens (tertiary/aromatic N) is 3. The van der Waals surface area contributed by atoms with Gasteiger partial charge < -0.3 is 15.0 Å². The molecule has 1 amide bonds. The predicted molar refractivity (Wildman–Crippen MR) is 90.1 cm³/mol. The van der Waals surface area contributed by atoms with E-state index in [1.54, 1.807) is 0 Å². The molecular formula is C15H18FN5O3S. The Labute approximate surface area is 147 Å². The number of carbonyl (C=O) groups is 1. The van der Waals surface area contributed by atoms with E-state index in [2.05, 4.69) is 25.2 Å². The number of thiazole rings is 1. The van der Waals surface area contributed by atoms with Crippen molar-refractivity contribution in [1.82, 2.24) is 19.9 Å². The first kappa shape index (κ1) is 17.5. The van der Waals surface area contributed by atoms with Crippen molar-refractivity contribution < 1.29 is 13.9 Å². The van der Waals surface area contributed by atoms with Crippen molar-refractivity contribution in [2.24, 2.45) is 0 Å². The van der Waals surface area contributed by atoms with Crippen molar-refractivity contribution in [2.45, 2.75) is 39.0 Å². The van der Waals surface area contributed by atoms with Crippen LogP contribution in [0.5, 0.6) is 5.88 Å². The van der Waals surface area contributed by atoms with Gasteiger partial charge >= 0.3 is 0 Å². The van der Waals surface area contributed by atoms with Crippen LogP contribution >= 0.6 is 11.3 Å². The number of amides is 1. The van der Waals surface area contributed by atoms with Crippen molar-refractivity contribution in [2.75, 3.05) is 11.9 Å². The molecular weight excluding hydrogens is 349 g/mol. The minimum atomic E-state index is -0.568. The van der Waals surface area contributed by atoms with Gasteiger partial charge in [0.25, 0.3) is 5.56 Å². The number of hydrogen-bond acceptors (Lipinski definition) is 7. The lowest BCUT2D eigenvalue weighted by atomic mass is 10.2. The lowest BCUT2D eigenvalue weighted by Gasteiger charge is -2.19. The summed E-state index contributed by atoms with van der Waals surface area (Å²) in [6.45, 7) is 4.35. The topological polar surface area (TPSA) is 100 Å². The minimum Gasteiger partial charge on any atom is -0.473 e. The first-order valence-electron chi connectivity index (χ1n) is 7.79. The predicted octanol–water partition coefficient (Wildman–Crippen LogP) is 1.37. The van der Waals surface area contributed by atoms with E-state index >= 15 is 0 Å². The first-order chi connectivity index (χ1) is 11.9.